The summed E-state index contributed by atoms with van der Waals surface area (Å²) in [5.74, 6) is -0.0881. The first-order chi connectivity index (χ1) is 8.95. The minimum atomic E-state index is -3.63. The standard InChI is InChI=1S/C13H19FN2O2S/c1-2-16(9-10-4-3-5-10)19(17,18)13-7-6-11(14)8-12(13)15/h6-8,10H,2-5,9,15H2,1H3. The molecule has 1 saturated carbocycles. The highest BCUT2D eigenvalue weighted by atomic mass is 32.2. The van der Waals surface area contributed by atoms with Gasteiger partial charge in [-0.15, -0.1) is 0 Å². The zero-order valence-corrected chi connectivity index (χ0v) is 11.8. The third-order valence-corrected chi connectivity index (χ3v) is 5.64. The minimum Gasteiger partial charge on any atom is -0.398 e. The lowest BCUT2D eigenvalue weighted by molar-refractivity contribution is 0.250. The molecule has 1 aromatic rings. The second kappa shape index (κ2) is 5.46. The fourth-order valence-corrected chi connectivity index (χ4v) is 3.88. The van der Waals surface area contributed by atoms with Crippen molar-refractivity contribution in [1.29, 1.82) is 0 Å². The van der Waals surface area contributed by atoms with Gasteiger partial charge in [-0.3, -0.25) is 0 Å². The molecule has 0 aliphatic heterocycles. The molecule has 0 bridgehead atoms. The van der Waals surface area contributed by atoms with E-state index >= 15 is 0 Å². The van der Waals surface area contributed by atoms with Crippen LogP contribution in [-0.4, -0.2) is 25.8 Å². The molecular weight excluding hydrogens is 267 g/mol. The molecule has 0 aromatic heterocycles. The van der Waals surface area contributed by atoms with Crippen LogP contribution in [0.4, 0.5) is 10.1 Å². The van der Waals surface area contributed by atoms with Crippen molar-refractivity contribution >= 4 is 15.7 Å². The van der Waals surface area contributed by atoms with E-state index in [-0.39, 0.29) is 10.6 Å². The van der Waals surface area contributed by atoms with E-state index in [0.29, 0.717) is 19.0 Å². The van der Waals surface area contributed by atoms with Gasteiger partial charge in [-0.05, 0) is 37.0 Å². The number of sulfonamides is 1. The zero-order chi connectivity index (χ0) is 14.0. The van der Waals surface area contributed by atoms with Crippen molar-refractivity contribution in [1.82, 2.24) is 4.31 Å². The van der Waals surface area contributed by atoms with Crippen LogP contribution in [0.25, 0.3) is 0 Å². The van der Waals surface area contributed by atoms with Gasteiger partial charge in [-0.2, -0.15) is 4.31 Å². The first kappa shape index (κ1) is 14.3. The van der Waals surface area contributed by atoms with E-state index in [1.807, 2.05) is 0 Å². The van der Waals surface area contributed by atoms with Crippen molar-refractivity contribution < 1.29 is 12.8 Å². The molecule has 1 aliphatic carbocycles. The summed E-state index contributed by atoms with van der Waals surface area (Å²) in [6.07, 6.45) is 3.32. The molecule has 0 saturated heterocycles. The first-order valence-corrected chi connectivity index (χ1v) is 7.94. The molecule has 0 heterocycles. The number of nitrogens with two attached hydrogens (primary N) is 1. The smallest absolute Gasteiger partial charge is 0.245 e. The molecule has 2 N–H and O–H groups in total. The van der Waals surface area contributed by atoms with Crippen molar-refractivity contribution in [3.63, 3.8) is 0 Å². The Bertz CT molecular complexity index is 556. The first-order valence-electron chi connectivity index (χ1n) is 6.50. The number of halogens is 1. The second-order valence-electron chi connectivity index (χ2n) is 4.93. The van der Waals surface area contributed by atoms with E-state index in [4.69, 9.17) is 5.73 Å². The summed E-state index contributed by atoms with van der Waals surface area (Å²) >= 11 is 0. The van der Waals surface area contributed by atoms with Crippen LogP contribution >= 0.6 is 0 Å². The normalized spacial score (nSPS) is 16.6. The molecule has 1 aliphatic rings. The van der Waals surface area contributed by atoms with Gasteiger partial charge in [0.25, 0.3) is 0 Å². The Morgan fingerprint density at radius 1 is 1.42 bits per heavy atom. The molecule has 2 rings (SSSR count). The Morgan fingerprint density at radius 2 is 2.11 bits per heavy atom. The fraction of sp³-hybridized carbons (Fsp3) is 0.538. The van der Waals surface area contributed by atoms with Gasteiger partial charge in [0, 0.05) is 13.1 Å². The maximum atomic E-state index is 13.0. The SMILES string of the molecule is CCN(CC1CCC1)S(=O)(=O)c1ccc(F)cc1N. The number of anilines is 1. The number of benzene rings is 1. The topological polar surface area (TPSA) is 63.4 Å². The third-order valence-electron chi connectivity index (χ3n) is 3.63. The largest absolute Gasteiger partial charge is 0.398 e. The number of nitrogens with zero attached hydrogens (tertiary/aromatic N) is 1. The number of hydrogen-bond acceptors (Lipinski definition) is 3. The summed E-state index contributed by atoms with van der Waals surface area (Å²) in [5.41, 5.74) is 5.60. The Hall–Kier alpha value is -1.14. The van der Waals surface area contributed by atoms with Crippen molar-refractivity contribution in [3.05, 3.63) is 24.0 Å². The van der Waals surface area contributed by atoms with Crippen LogP contribution in [0.15, 0.2) is 23.1 Å². The zero-order valence-electron chi connectivity index (χ0n) is 11.0. The summed E-state index contributed by atoms with van der Waals surface area (Å²) in [7, 11) is -3.63. The molecule has 0 atom stereocenters. The molecule has 0 amide bonds. The van der Waals surface area contributed by atoms with E-state index in [0.717, 1.165) is 25.0 Å². The highest BCUT2D eigenvalue weighted by Crippen LogP contribution is 2.30. The second-order valence-corrected chi connectivity index (χ2v) is 6.84. The van der Waals surface area contributed by atoms with Gasteiger partial charge in [0.2, 0.25) is 10.0 Å². The molecule has 19 heavy (non-hydrogen) atoms. The van der Waals surface area contributed by atoms with Gasteiger partial charge in [0.15, 0.2) is 0 Å². The number of rotatable bonds is 5. The van der Waals surface area contributed by atoms with Gasteiger partial charge in [-0.1, -0.05) is 13.3 Å². The Balaban J connectivity index is 2.27. The van der Waals surface area contributed by atoms with Crippen LogP contribution in [0, 0.1) is 11.7 Å². The van der Waals surface area contributed by atoms with Gasteiger partial charge < -0.3 is 5.73 Å². The van der Waals surface area contributed by atoms with Gasteiger partial charge >= 0.3 is 0 Å². The summed E-state index contributed by atoms with van der Waals surface area (Å²) in [6, 6.07) is 3.41. The lowest BCUT2D eigenvalue weighted by Crippen LogP contribution is -2.37. The highest BCUT2D eigenvalue weighted by Gasteiger charge is 2.29. The van der Waals surface area contributed by atoms with Crippen LogP contribution in [0.3, 0.4) is 0 Å². The summed E-state index contributed by atoms with van der Waals surface area (Å²) in [4.78, 5) is -0.00456. The van der Waals surface area contributed by atoms with Crippen LogP contribution in [-0.2, 0) is 10.0 Å². The van der Waals surface area contributed by atoms with Crippen molar-refractivity contribution in [2.24, 2.45) is 5.92 Å². The van der Waals surface area contributed by atoms with Crippen LogP contribution in [0.1, 0.15) is 26.2 Å². The monoisotopic (exact) mass is 286 g/mol. The van der Waals surface area contributed by atoms with E-state index in [2.05, 4.69) is 0 Å². The molecule has 106 valence electrons. The van der Waals surface area contributed by atoms with Crippen LogP contribution in [0.2, 0.25) is 0 Å². The minimum absolute atomic E-state index is 0.00456. The molecular formula is C13H19FN2O2S. The molecule has 4 nitrogen and oxygen atoms in total. The lowest BCUT2D eigenvalue weighted by atomic mass is 9.85. The predicted octanol–water partition coefficient (Wildman–Crippen LogP) is 2.22. The van der Waals surface area contributed by atoms with E-state index < -0.39 is 15.8 Å². The third kappa shape index (κ3) is 2.90. The van der Waals surface area contributed by atoms with Gasteiger partial charge in [-0.25, -0.2) is 12.8 Å². The molecule has 0 radical (unpaired) electrons. The summed E-state index contributed by atoms with van der Waals surface area (Å²) < 4.78 is 39.4. The molecule has 0 unspecified atom stereocenters. The lowest BCUT2D eigenvalue weighted by Gasteiger charge is -2.31. The van der Waals surface area contributed by atoms with E-state index in [1.165, 1.54) is 16.8 Å². The average molecular weight is 286 g/mol. The van der Waals surface area contributed by atoms with Crippen molar-refractivity contribution in [2.45, 2.75) is 31.1 Å². The predicted molar refractivity (Wildman–Crippen MR) is 72.6 cm³/mol. The Labute approximate surface area is 113 Å². The maximum Gasteiger partial charge on any atom is 0.245 e. The summed E-state index contributed by atoms with van der Waals surface area (Å²) in [6.45, 7) is 2.72. The van der Waals surface area contributed by atoms with Crippen LogP contribution in [0.5, 0.6) is 0 Å². The molecule has 1 aromatic carbocycles. The Kier molecular flexibility index (Phi) is 4.10. The fourth-order valence-electron chi connectivity index (χ4n) is 2.25. The van der Waals surface area contributed by atoms with E-state index in [1.54, 1.807) is 6.92 Å². The quantitative estimate of drug-likeness (QED) is 0.844. The average Bonchev–Trinajstić information content (AvgIpc) is 2.26. The van der Waals surface area contributed by atoms with Crippen LogP contribution < -0.4 is 5.73 Å². The number of hydrogen-bond donors (Lipinski definition) is 1. The summed E-state index contributed by atoms with van der Waals surface area (Å²) in [5, 5.41) is 0. The molecule has 0 spiro atoms. The molecule has 6 heteroatoms. The molecule has 1 fully saturated rings. The van der Waals surface area contributed by atoms with Gasteiger partial charge in [0.05, 0.1) is 5.69 Å². The number of nitrogen functional groups attached to an aromatic ring is 1. The van der Waals surface area contributed by atoms with E-state index in [9.17, 15) is 12.8 Å². The Morgan fingerprint density at radius 3 is 2.58 bits per heavy atom. The van der Waals surface area contributed by atoms with Crippen molar-refractivity contribution in [2.75, 3.05) is 18.8 Å². The van der Waals surface area contributed by atoms with Gasteiger partial charge in [0.1, 0.15) is 10.7 Å². The maximum absolute atomic E-state index is 13.0. The highest BCUT2D eigenvalue weighted by molar-refractivity contribution is 7.89. The van der Waals surface area contributed by atoms with Crippen molar-refractivity contribution in [3.8, 4) is 0 Å².